The Kier molecular flexibility index (Phi) is 5.84. The van der Waals surface area contributed by atoms with Crippen LogP contribution in [0.15, 0.2) is 18.2 Å². The van der Waals surface area contributed by atoms with Gasteiger partial charge < -0.3 is 20.4 Å². The first kappa shape index (κ1) is 16.8. The van der Waals surface area contributed by atoms with Crippen molar-refractivity contribution in [3.63, 3.8) is 0 Å². The maximum absolute atomic E-state index is 10.2. The first-order chi connectivity index (χ1) is 9.28. The fourth-order valence-corrected chi connectivity index (χ4v) is 2.36. The van der Waals surface area contributed by atoms with Crippen LogP contribution in [0.4, 0.5) is 5.69 Å². The first-order valence-corrected chi connectivity index (χ1v) is 7.32. The highest BCUT2D eigenvalue weighted by Gasteiger charge is 2.19. The molecule has 4 heteroatoms. The van der Waals surface area contributed by atoms with E-state index in [1.54, 1.807) is 19.9 Å². The van der Waals surface area contributed by atoms with E-state index in [4.69, 9.17) is 0 Å². The van der Waals surface area contributed by atoms with Crippen molar-refractivity contribution in [1.29, 1.82) is 0 Å². The maximum Gasteiger partial charge on any atom is 0.122 e. The molecule has 0 aliphatic rings. The highest BCUT2D eigenvalue weighted by atomic mass is 16.3. The van der Waals surface area contributed by atoms with E-state index in [2.05, 4.69) is 10.2 Å². The fourth-order valence-electron chi connectivity index (χ4n) is 2.36. The Balaban J connectivity index is 2.95. The van der Waals surface area contributed by atoms with Crippen molar-refractivity contribution in [3.8, 4) is 5.75 Å². The Hall–Kier alpha value is -1.26. The SMILES string of the molecule is CCNC(C)c1ccc(N(CC)CC(C)(C)O)cc1O. The number of aliphatic hydroxyl groups is 1. The molecule has 1 rings (SSSR count). The summed E-state index contributed by atoms with van der Waals surface area (Å²) in [5.74, 6) is 0.296. The molecule has 0 aromatic heterocycles. The van der Waals surface area contributed by atoms with E-state index < -0.39 is 5.60 Å². The van der Waals surface area contributed by atoms with Crippen LogP contribution in [0.3, 0.4) is 0 Å². The molecule has 1 aromatic rings. The van der Waals surface area contributed by atoms with Crippen molar-refractivity contribution in [2.45, 2.75) is 46.3 Å². The summed E-state index contributed by atoms with van der Waals surface area (Å²) in [7, 11) is 0. The number of phenols is 1. The summed E-state index contributed by atoms with van der Waals surface area (Å²) in [6, 6.07) is 5.85. The molecule has 1 unspecified atom stereocenters. The van der Waals surface area contributed by atoms with Gasteiger partial charge in [-0.15, -0.1) is 0 Å². The quantitative estimate of drug-likeness (QED) is 0.719. The number of hydrogen-bond donors (Lipinski definition) is 3. The lowest BCUT2D eigenvalue weighted by molar-refractivity contribution is 0.0876. The Morgan fingerprint density at radius 2 is 1.95 bits per heavy atom. The second-order valence-electron chi connectivity index (χ2n) is 5.85. The van der Waals surface area contributed by atoms with Gasteiger partial charge in [-0.3, -0.25) is 0 Å². The standard InChI is InChI=1S/C16H28N2O2/c1-6-17-12(3)14-9-8-13(10-15(14)19)18(7-2)11-16(4,5)20/h8-10,12,17,19-20H,6-7,11H2,1-5H3. The van der Waals surface area contributed by atoms with Crippen LogP contribution in [-0.2, 0) is 0 Å². The number of benzene rings is 1. The molecule has 0 heterocycles. The molecular formula is C16H28N2O2. The number of nitrogens with zero attached hydrogens (tertiary/aromatic N) is 1. The lowest BCUT2D eigenvalue weighted by atomic mass is 10.0. The number of nitrogens with one attached hydrogen (secondary N) is 1. The lowest BCUT2D eigenvalue weighted by Gasteiger charge is -2.30. The molecule has 3 N–H and O–H groups in total. The van der Waals surface area contributed by atoms with Crippen molar-refractivity contribution < 1.29 is 10.2 Å². The summed E-state index contributed by atoms with van der Waals surface area (Å²) in [5.41, 5.74) is 1.07. The summed E-state index contributed by atoms with van der Waals surface area (Å²) < 4.78 is 0. The average Bonchev–Trinajstić information content (AvgIpc) is 2.35. The number of phenolic OH excluding ortho intramolecular Hbond substituents is 1. The van der Waals surface area contributed by atoms with E-state index in [-0.39, 0.29) is 6.04 Å². The minimum atomic E-state index is -0.763. The van der Waals surface area contributed by atoms with Gasteiger partial charge in [0, 0.05) is 36.4 Å². The van der Waals surface area contributed by atoms with Gasteiger partial charge in [0.25, 0.3) is 0 Å². The predicted octanol–water partition coefficient (Wildman–Crippen LogP) is 2.66. The van der Waals surface area contributed by atoms with Gasteiger partial charge in [0.2, 0.25) is 0 Å². The van der Waals surface area contributed by atoms with Crippen LogP contribution < -0.4 is 10.2 Å². The third-order valence-electron chi connectivity index (χ3n) is 3.32. The molecule has 0 bridgehead atoms. The van der Waals surface area contributed by atoms with Crippen molar-refractivity contribution >= 4 is 5.69 Å². The van der Waals surface area contributed by atoms with Gasteiger partial charge >= 0.3 is 0 Å². The molecule has 1 atom stereocenters. The largest absolute Gasteiger partial charge is 0.508 e. The van der Waals surface area contributed by atoms with E-state index in [1.165, 1.54) is 0 Å². The Bertz CT molecular complexity index is 427. The van der Waals surface area contributed by atoms with Crippen LogP contribution in [0, 0.1) is 0 Å². The molecule has 1 aromatic carbocycles. The number of rotatable bonds is 7. The molecule has 4 nitrogen and oxygen atoms in total. The zero-order chi connectivity index (χ0) is 15.3. The van der Waals surface area contributed by atoms with Crippen LogP contribution in [0.5, 0.6) is 5.75 Å². The third kappa shape index (κ3) is 4.69. The molecule has 0 radical (unpaired) electrons. The fraction of sp³-hybridized carbons (Fsp3) is 0.625. The maximum atomic E-state index is 10.2. The molecule has 0 spiro atoms. The van der Waals surface area contributed by atoms with Gasteiger partial charge in [0.1, 0.15) is 5.75 Å². The Labute approximate surface area is 122 Å². The van der Waals surface area contributed by atoms with Gasteiger partial charge in [0.05, 0.1) is 5.60 Å². The normalized spacial score (nSPS) is 13.3. The van der Waals surface area contributed by atoms with Gasteiger partial charge in [-0.05, 0) is 40.3 Å². The van der Waals surface area contributed by atoms with Gasteiger partial charge in [-0.1, -0.05) is 13.0 Å². The molecule has 0 saturated heterocycles. The summed E-state index contributed by atoms with van der Waals surface area (Å²) in [6.45, 7) is 11.9. The van der Waals surface area contributed by atoms with Gasteiger partial charge in [-0.25, -0.2) is 0 Å². The zero-order valence-corrected chi connectivity index (χ0v) is 13.3. The molecule has 0 aliphatic carbocycles. The highest BCUT2D eigenvalue weighted by Crippen LogP contribution is 2.29. The van der Waals surface area contributed by atoms with Crippen molar-refractivity contribution in [2.24, 2.45) is 0 Å². The number of likely N-dealkylation sites (N-methyl/N-ethyl adjacent to an activating group) is 1. The second-order valence-corrected chi connectivity index (χ2v) is 5.85. The monoisotopic (exact) mass is 280 g/mol. The molecule has 0 saturated carbocycles. The third-order valence-corrected chi connectivity index (χ3v) is 3.32. The van der Waals surface area contributed by atoms with E-state index in [0.717, 1.165) is 24.3 Å². The average molecular weight is 280 g/mol. The van der Waals surface area contributed by atoms with Gasteiger partial charge in [-0.2, -0.15) is 0 Å². The van der Waals surface area contributed by atoms with Crippen molar-refractivity contribution in [2.75, 3.05) is 24.5 Å². The smallest absolute Gasteiger partial charge is 0.122 e. The molecule has 0 amide bonds. The van der Waals surface area contributed by atoms with E-state index >= 15 is 0 Å². The Morgan fingerprint density at radius 1 is 1.30 bits per heavy atom. The number of hydrogen-bond acceptors (Lipinski definition) is 4. The number of anilines is 1. The summed E-state index contributed by atoms with van der Waals surface area (Å²) in [5, 5.41) is 23.4. The van der Waals surface area contributed by atoms with Gasteiger partial charge in [0.15, 0.2) is 0 Å². The highest BCUT2D eigenvalue weighted by molar-refractivity contribution is 5.54. The van der Waals surface area contributed by atoms with Crippen LogP contribution in [0.1, 0.15) is 46.2 Å². The minimum Gasteiger partial charge on any atom is -0.508 e. The molecular weight excluding hydrogens is 252 g/mol. The summed E-state index contributed by atoms with van der Waals surface area (Å²) >= 11 is 0. The number of aromatic hydroxyl groups is 1. The topological polar surface area (TPSA) is 55.7 Å². The van der Waals surface area contributed by atoms with E-state index in [0.29, 0.717) is 12.3 Å². The molecule has 0 aliphatic heterocycles. The summed E-state index contributed by atoms with van der Waals surface area (Å²) in [6.07, 6.45) is 0. The van der Waals surface area contributed by atoms with Crippen molar-refractivity contribution in [3.05, 3.63) is 23.8 Å². The zero-order valence-electron chi connectivity index (χ0n) is 13.3. The summed E-state index contributed by atoms with van der Waals surface area (Å²) in [4.78, 5) is 2.06. The second kappa shape index (κ2) is 6.95. The van der Waals surface area contributed by atoms with Crippen LogP contribution in [0.2, 0.25) is 0 Å². The molecule has 114 valence electrons. The molecule has 20 heavy (non-hydrogen) atoms. The minimum absolute atomic E-state index is 0.124. The predicted molar refractivity (Wildman–Crippen MR) is 84.4 cm³/mol. The van der Waals surface area contributed by atoms with Crippen molar-refractivity contribution in [1.82, 2.24) is 5.32 Å². The Morgan fingerprint density at radius 3 is 2.40 bits per heavy atom. The first-order valence-electron chi connectivity index (χ1n) is 7.32. The van der Waals surface area contributed by atoms with E-state index in [1.807, 2.05) is 32.9 Å². The molecule has 0 fully saturated rings. The van der Waals surface area contributed by atoms with Crippen LogP contribution >= 0.6 is 0 Å². The van der Waals surface area contributed by atoms with Crippen LogP contribution in [0.25, 0.3) is 0 Å². The lowest BCUT2D eigenvalue weighted by Crippen LogP contribution is -2.38. The van der Waals surface area contributed by atoms with Crippen LogP contribution in [-0.4, -0.2) is 35.4 Å². The van der Waals surface area contributed by atoms with E-state index in [9.17, 15) is 10.2 Å².